The molecule has 0 aromatic carbocycles. The van der Waals surface area contributed by atoms with E-state index in [1.165, 1.54) is 25.3 Å². The molecule has 0 rings (SSSR count). The van der Waals surface area contributed by atoms with Crippen LogP contribution in [0.3, 0.4) is 0 Å². The molecule has 0 aliphatic carbocycles. The van der Waals surface area contributed by atoms with Crippen LogP contribution in [-0.4, -0.2) is 11.1 Å². The normalized spacial score (nSPS) is 11.3. The third-order valence-corrected chi connectivity index (χ3v) is 1.91. The number of allylic oxidation sites excluding steroid dienone is 1. The second kappa shape index (κ2) is 7.84. The van der Waals surface area contributed by atoms with Gasteiger partial charge in [0.15, 0.2) is 0 Å². The zero-order chi connectivity index (χ0) is 10.1. The van der Waals surface area contributed by atoms with Gasteiger partial charge >= 0.3 is 5.97 Å². The molecule has 0 aromatic rings. The summed E-state index contributed by atoms with van der Waals surface area (Å²) in [5.41, 5.74) is 0. The first-order chi connectivity index (χ1) is 6.13. The summed E-state index contributed by atoms with van der Waals surface area (Å²) in [6.45, 7) is 4.45. The van der Waals surface area contributed by atoms with Crippen molar-refractivity contribution in [2.24, 2.45) is 5.92 Å². The Labute approximate surface area is 80.7 Å². The predicted octanol–water partition coefficient (Wildman–Crippen LogP) is 3.23. The van der Waals surface area contributed by atoms with E-state index in [-0.39, 0.29) is 0 Å². The van der Waals surface area contributed by atoms with Crippen molar-refractivity contribution in [3.8, 4) is 0 Å². The quantitative estimate of drug-likeness (QED) is 0.487. The van der Waals surface area contributed by atoms with Gasteiger partial charge in [-0.25, -0.2) is 4.79 Å². The molecule has 0 aliphatic rings. The van der Waals surface area contributed by atoms with Crippen molar-refractivity contribution in [3.63, 3.8) is 0 Å². The molecule has 0 saturated carbocycles. The summed E-state index contributed by atoms with van der Waals surface area (Å²) < 4.78 is 0. The van der Waals surface area contributed by atoms with E-state index < -0.39 is 5.97 Å². The molecule has 1 N–H and O–H groups in total. The minimum atomic E-state index is -0.845. The Kier molecular flexibility index (Phi) is 7.36. The van der Waals surface area contributed by atoms with Crippen LogP contribution in [-0.2, 0) is 4.79 Å². The number of carboxylic acids is 1. The zero-order valence-corrected chi connectivity index (χ0v) is 8.62. The average molecular weight is 184 g/mol. The van der Waals surface area contributed by atoms with E-state index in [4.69, 9.17) is 5.11 Å². The van der Waals surface area contributed by atoms with Crippen LogP contribution in [0.1, 0.15) is 46.0 Å². The highest BCUT2D eigenvalue weighted by Crippen LogP contribution is 2.09. The summed E-state index contributed by atoms with van der Waals surface area (Å²) in [5, 5.41) is 8.30. The molecule has 13 heavy (non-hydrogen) atoms. The lowest BCUT2D eigenvalue weighted by atomic mass is 10.0. The molecule has 76 valence electrons. The zero-order valence-electron chi connectivity index (χ0n) is 8.62. The van der Waals surface area contributed by atoms with Crippen LogP contribution in [0.2, 0.25) is 0 Å². The standard InChI is InChI=1S/C11H20O2/c1-10(2)8-6-4-3-5-7-9-11(12)13/h7,9-10H,3-6,8H2,1-2H3,(H,12,13)/b9-7+. The largest absolute Gasteiger partial charge is 0.478 e. The fourth-order valence-electron chi connectivity index (χ4n) is 1.18. The van der Waals surface area contributed by atoms with E-state index in [1.54, 1.807) is 6.08 Å². The Hall–Kier alpha value is -0.790. The number of hydrogen-bond donors (Lipinski definition) is 1. The van der Waals surface area contributed by atoms with Gasteiger partial charge in [0.05, 0.1) is 0 Å². The lowest BCUT2D eigenvalue weighted by Crippen LogP contribution is -1.87. The van der Waals surface area contributed by atoms with Gasteiger partial charge in [-0.1, -0.05) is 39.2 Å². The number of carboxylic acid groups (broad SMARTS) is 1. The molecule has 0 aliphatic heterocycles. The molecule has 0 spiro atoms. The van der Waals surface area contributed by atoms with Gasteiger partial charge < -0.3 is 5.11 Å². The minimum Gasteiger partial charge on any atom is -0.478 e. The van der Waals surface area contributed by atoms with Crippen molar-refractivity contribution < 1.29 is 9.90 Å². The molecule has 0 saturated heterocycles. The third kappa shape index (κ3) is 11.2. The lowest BCUT2D eigenvalue weighted by Gasteiger charge is -2.02. The van der Waals surface area contributed by atoms with Gasteiger partial charge in [-0.2, -0.15) is 0 Å². The first-order valence-electron chi connectivity index (χ1n) is 5.02. The number of unbranched alkanes of at least 4 members (excludes halogenated alkanes) is 3. The molecule has 0 unspecified atom stereocenters. The molecular formula is C11H20O2. The number of carbonyl (C=O) groups is 1. The summed E-state index contributed by atoms with van der Waals surface area (Å²) in [4.78, 5) is 10.1. The molecule has 0 atom stereocenters. The molecule has 0 bridgehead atoms. The van der Waals surface area contributed by atoms with E-state index in [1.807, 2.05) is 0 Å². The first kappa shape index (κ1) is 12.2. The smallest absolute Gasteiger partial charge is 0.327 e. The molecule has 0 amide bonds. The van der Waals surface area contributed by atoms with Crippen LogP contribution in [0.5, 0.6) is 0 Å². The second-order valence-electron chi connectivity index (χ2n) is 3.77. The van der Waals surface area contributed by atoms with Crippen molar-refractivity contribution in [1.82, 2.24) is 0 Å². The van der Waals surface area contributed by atoms with E-state index in [0.29, 0.717) is 0 Å². The highest BCUT2D eigenvalue weighted by molar-refractivity contribution is 5.79. The van der Waals surface area contributed by atoms with Crippen LogP contribution in [0.4, 0.5) is 0 Å². The fourth-order valence-corrected chi connectivity index (χ4v) is 1.18. The van der Waals surface area contributed by atoms with Gasteiger partial charge in [-0.15, -0.1) is 0 Å². The maximum Gasteiger partial charge on any atom is 0.327 e. The van der Waals surface area contributed by atoms with Crippen molar-refractivity contribution in [2.45, 2.75) is 46.0 Å². The fraction of sp³-hybridized carbons (Fsp3) is 0.727. The van der Waals surface area contributed by atoms with E-state index >= 15 is 0 Å². The summed E-state index contributed by atoms with van der Waals surface area (Å²) >= 11 is 0. The van der Waals surface area contributed by atoms with E-state index in [0.717, 1.165) is 18.8 Å². The number of aliphatic carboxylic acids is 1. The summed E-state index contributed by atoms with van der Waals surface area (Å²) in [7, 11) is 0. The summed E-state index contributed by atoms with van der Waals surface area (Å²) in [6, 6.07) is 0. The van der Waals surface area contributed by atoms with Crippen molar-refractivity contribution >= 4 is 5.97 Å². The number of rotatable bonds is 7. The van der Waals surface area contributed by atoms with Gasteiger partial charge in [-0.3, -0.25) is 0 Å². The maximum absolute atomic E-state index is 10.1. The third-order valence-electron chi connectivity index (χ3n) is 1.91. The molecule has 2 heteroatoms. The van der Waals surface area contributed by atoms with Crippen molar-refractivity contribution in [3.05, 3.63) is 12.2 Å². The number of hydrogen-bond acceptors (Lipinski definition) is 1. The highest BCUT2D eigenvalue weighted by Gasteiger charge is 1.93. The Balaban J connectivity index is 3.13. The van der Waals surface area contributed by atoms with Gasteiger partial charge in [0.1, 0.15) is 0 Å². The Morgan fingerprint density at radius 1 is 1.31 bits per heavy atom. The van der Waals surface area contributed by atoms with E-state index in [2.05, 4.69) is 13.8 Å². The van der Waals surface area contributed by atoms with Gasteiger partial charge in [0, 0.05) is 6.08 Å². The van der Waals surface area contributed by atoms with Crippen LogP contribution in [0, 0.1) is 5.92 Å². The van der Waals surface area contributed by atoms with Crippen molar-refractivity contribution in [2.75, 3.05) is 0 Å². The minimum absolute atomic E-state index is 0.787. The second-order valence-corrected chi connectivity index (χ2v) is 3.77. The lowest BCUT2D eigenvalue weighted by molar-refractivity contribution is -0.131. The molecule has 0 fully saturated rings. The maximum atomic E-state index is 10.1. The Morgan fingerprint density at radius 2 is 2.00 bits per heavy atom. The van der Waals surface area contributed by atoms with Crippen molar-refractivity contribution in [1.29, 1.82) is 0 Å². The van der Waals surface area contributed by atoms with Crippen LogP contribution < -0.4 is 0 Å². The van der Waals surface area contributed by atoms with Crippen LogP contribution in [0.25, 0.3) is 0 Å². The summed E-state index contributed by atoms with van der Waals surface area (Å²) in [5.74, 6) is -0.0586. The Morgan fingerprint density at radius 3 is 2.54 bits per heavy atom. The highest BCUT2D eigenvalue weighted by atomic mass is 16.4. The molecule has 2 nitrogen and oxygen atoms in total. The average Bonchev–Trinajstić information content (AvgIpc) is 2.01. The van der Waals surface area contributed by atoms with E-state index in [9.17, 15) is 4.79 Å². The van der Waals surface area contributed by atoms with Crippen LogP contribution in [0.15, 0.2) is 12.2 Å². The van der Waals surface area contributed by atoms with Gasteiger partial charge in [0.2, 0.25) is 0 Å². The first-order valence-corrected chi connectivity index (χ1v) is 5.02. The Bertz CT molecular complexity index is 159. The predicted molar refractivity (Wildman–Crippen MR) is 54.7 cm³/mol. The van der Waals surface area contributed by atoms with Crippen LogP contribution >= 0.6 is 0 Å². The molecule has 0 radical (unpaired) electrons. The van der Waals surface area contributed by atoms with Gasteiger partial charge in [0.25, 0.3) is 0 Å². The SMILES string of the molecule is CC(C)CCCCC/C=C/C(=O)O. The topological polar surface area (TPSA) is 37.3 Å². The molecule has 0 aromatic heterocycles. The summed E-state index contributed by atoms with van der Waals surface area (Å²) in [6.07, 6.45) is 8.71. The molecule has 0 heterocycles. The van der Waals surface area contributed by atoms with Gasteiger partial charge in [-0.05, 0) is 18.8 Å². The molecular weight excluding hydrogens is 164 g/mol. The monoisotopic (exact) mass is 184 g/mol.